The van der Waals surface area contributed by atoms with Crippen LogP contribution in [0.2, 0.25) is 10.0 Å². The van der Waals surface area contributed by atoms with Crippen LogP contribution in [0.15, 0.2) is 77.7 Å². The van der Waals surface area contributed by atoms with Gasteiger partial charge in [-0.1, -0.05) is 71.2 Å². The fourth-order valence-electron chi connectivity index (χ4n) is 4.18. The van der Waals surface area contributed by atoms with Gasteiger partial charge in [0.2, 0.25) is 0 Å². The molecule has 0 fully saturated rings. The van der Waals surface area contributed by atoms with E-state index in [1.165, 1.54) is 23.0 Å². The zero-order chi connectivity index (χ0) is 29.9. The van der Waals surface area contributed by atoms with E-state index in [1.54, 1.807) is 30.3 Å². The highest BCUT2D eigenvalue weighted by atomic mass is 35.5. The number of amides is 1. The maximum atomic E-state index is 13.6. The van der Waals surface area contributed by atoms with Gasteiger partial charge in [0.05, 0.1) is 32.9 Å². The molecule has 4 rings (SSSR count). The van der Waals surface area contributed by atoms with Crippen LogP contribution in [-0.4, -0.2) is 32.8 Å². The van der Waals surface area contributed by atoms with E-state index in [1.807, 2.05) is 52.0 Å². The van der Waals surface area contributed by atoms with Gasteiger partial charge in [0.1, 0.15) is 11.8 Å². The first-order valence-corrected chi connectivity index (χ1v) is 13.5. The van der Waals surface area contributed by atoms with Crippen molar-refractivity contribution in [2.75, 3.05) is 0 Å². The molecule has 0 bridgehead atoms. The number of ether oxygens (including phenoxy) is 1. The summed E-state index contributed by atoms with van der Waals surface area (Å²) in [5.41, 5.74) is 1.68. The summed E-state index contributed by atoms with van der Waals surface area (Å²) in [7, 11) is 0. The van der Waals surface area contributed by atoms with Gasteiger partial charge < -0.3 is 15.2 Å². The minimum absolute atomic E-state index is 0.00588. The standard InChI is InChI=1S/C31H29Cl2N3O5/c1-18-8-14-21(15-9-18)41-25-17-34-36(31(2,3)4)29(38)26(25)20-12-10-19(11-13-20)16-24(30(39)40)35-28(37)27-22(32)6-5-7-23(27)33/h5-15,17,24H,16H2,1-4H3,(H,35,37)(H,39,40). The highest BCUT2D eigenvalue weighted by Gasteiger charge is 2.25. The number of aliphatic carboxylic acids is 1. The van der Waals surface area contributed by atoms with Crippen LogP contribution in [-0.2, 0) is 16.8 Å². The van der Waals surface area contributed by atoms with Gasteiger partial charge in [-0.2, -0.15) is 5.10 Å². The Kier molecular flexibility index (Phi) is 8.85. The smallest absolute Gasteiger partial charge is 0.326 e. The second-order valence-corrected chi connectivity index (χ2v) is 11.4. The number of aryl methyl sites for hydroxylation is 1. The Bertz CT molecular complexity index is 1620. The van der Waals surface area contributed by atoms with Crippen molar-refractivity contribution in [3.63, 3.8) is 0 Å². The Morgan fingerprint density at radius 1 is 1.00 bits per heavy atom. The van der Waals surface area contributed by atoms with Crippen LogP contribution in [0.1, 0.15) is 42.3 Å². The third-order valence-corrected chi connectivity index (χ3v) is 6.93. The lowest BCUT2D eigenvalue weighted by molar-refractivity contribution is -0.139. The molecule has 10 heteroatoms. The molecule has 1 unspecified atom stereocenters. The lowest BCUT2D eigenvalue weighted by Crippen LogP contribution is -2.42. The van der Waals surface area contributed by atoms with Crippen molar-refractivity contribution >= 4 is 35.1 Å². The highest BCUT2D eigenvalue weighted by molar-refractivity contribution is 6.39. The molecule has 1 heterocycles. The van der Waals surface area contributed by atoms with E-state index in [-0.39, 0.29) is 27.6 Å². The molecule has 0 saturated carbocycles. The largest absolute Gasteiger partial charge is 0.480 e. The maximum absolute atomic E-state index is 13.6. The molecule has 212 valence electrons. The molecule has 0 radical (unpaired) electrons. The Labute approximate surface area is 247 Å². The second kappa shape index (κ2) is 12.2. The first-order valence-electron chi connectivity index (χ1n) is 12.8. The first kappa shape index (κ1) is 29.8. The molecular weight excluding hydrogens is 565 g/mol. The summed E-state index contributed by atoms with van der Waals surface area (Å²) in [4.78, 5) is 38.4. The fourth-order valence-corrected chi connectivity index (χ4v) is 4.75. The lowest BCUT2D eigenvalue weighted by atomic mass is 10.00. The molecule has 1 aromatic heterocycles. The number of benzene rings is 3. The van der Waals surface area contributed by atoms with E-state index in [0.29, 0.717) is 28.2 Å². The number of rotatable bonds is 8. The van der Waals surface area contributed by atoms with Gasteiger partial charge in [0, 0.05) is 6.42 Å². The molecule has 4 aromatic rings. The number of hydrogen-bond donors (Lipinski definition) is 2. The molecule has 0 aliphatic heterocycles. The molecule has 1 amide bonds. The number of aromatic nitrogens is 2. The minimum atomic E-state index is -1.25. The zero-order valence-corrected chi connectivity index (χ0v) is 24.5. The topological polar surface area (TPSA) is 111 Å². The van der Waals surface area contributed by atoms with E-state index < -0.39 is 23.5 Å². The minimum Gasteiger partial charge on any atom is -0.480 e. The van der Waals surface area contributed by atoms with Crippen LogP contribution < -0.4 is 15.6 Å². The summed E-state index contributed by atoms with van der Waals surface area (Å²) in [5, 5.41) is 16.9. The number of nitrogens with one attached hydrogen (secondary N) is 1. The van der Waals surface area contributed by atoms with Crippen molar-refractivity contribution in [2.45, 2.75) is 45.7 Å². The third kappa shape index (κ3) is 6.96. The van der Waals surface area contributed by atoms with Gasteiger partial charge >= 0.3 is 5.97 Å². The van der Waals surface area contributed by atoms with Gasteiger partial charge in [-0.15, -0.1) is 0 Å². The number of nitrogens with zero attached hydrogens (tertiary/aromatic N) is 2. The van der Waals surface area contributed by atoms with Gasteiger partial charge in [-0.3, -0.25) is 9.59 Å². The molecule has 8 nitrogen and oxygen atoms in total. The van der Waals surface area contributed by atoms with Crippen LogP contribution in [0.4, 0.5) is 0 Å². The van der Waals surface area contributed by atoms with Gasteiger partial charge in [-0.25, -0.2) is 9.48 Å². The number of carboxylic acid groups (broad SMARTS) is 1. The molecule has 0 aliphatic rings. The van der Waals surface area contributed by atoms with E-state index in [9.17, 15) is 19.5 Å². The quantitative estimate of drug-likeness (QED) is 0.241. The first-order chi connectivity index (χ1) is 19.3. The van der Waals surface area contributed by atoms with Gasteiger partial charge in [0.15, 0.2) is 5.75 Å². The van der Waals surface area contributed by atoms with Crippen molar-refractivity contribution in [3.8, 4) is 22.6 Å². The fraction of sp³-hybridized carbons (Fsp3) is 0.226. The van der Waals surface area contributed by atoms with E-state index in [2.05, 4.69) is 10.4 Å². The zero-order valence-electron chi connectivity index (χ0n) is 22.9. The lowest BCUT2D eigenvalue weighted by Gasteiger charge is -2.22. The van der Waals surface area contributed by atoms with Gasteiger partial charge in [0.25, 0.3) is 11.5 Å². The summed E-state index contributed by atoms with van der Waals surface area (Å²) in [5.74, 6) is -1.06. The average molecular weight is 594 g/mol. The Balaban J connectivity index is 1.64. The number of hydrogen-bond acceptors (Lipinski definition) is 5. The SMILES string of the molecule is Cc1ccc(Oc2cnn(C(C)(C)C)c(=O)c2-c2ccc(CC(NC(=O)c3c(Cl)cccc3Cl)C(=O)O)cc2)cc1. The highest BCUT2D eigenvalue weighted by Crippen LogP contribution is 2.31. The van der Waals surface area contributed by atoms with Crippen molar-refractivity contribution in [2.24, 2.45) is 0 Å². The van der Waals surface area contributed by atoms with Crippen LogP contribution in [0, 0.1) is 6.92 Å². The molecule has 1 atom stereocenters. The Hall–Kier alpha value is -4.14. The number of carbonyl (C=O) groups is 2. The number of carboxylic acids is 1. The van der Waals surface area contributed by atoms with Crippen LogP contribution in [0.25, 0.3) is 11.1 Å². The Morgan fingerprint density at radius 2 is 1.61 bits per heavy atom. The summed E-state index contributed by atoms with van der Waals surface area (Å²) in [6.45, 7) is 7.61. The average Bonchev–Trinajstić information content (AvgIpc) is 2.89. The summed E-state index contributed by atoms with van der Waals surface area (Å²) >= 11 is 12.2. The van der Waals surface area contributed by atoms with E-state index >= 15 is 0 Å². The van der Waals surface area contributed by atoms with Crippen LogP contribution in [0.5, 0.6) is 11.5 Å². The normalized spacial score (nSPS) is 12.0. The van der Waals surface area contributed by atoms with Crippen molar-refractivity contribution in [3.05, 3.63) is 110 Å². The predicted molar refractivity (Wildman–Crippen MR) is 159 cm³/mol. The molecule has 0 saturated heterocycles. The molecule has 3 aromatic carbocycles. The van der Waals surface area contributed by atoms with Crippen molar-refractivity contribution in [1.29, 1.82) is 0 Å². The van der Waals surface area contributed by atoms with Gasteiger partial charge in [-0.05, 0) is 63.1 Å². The molecular formula is C31H29Cl2N3O5. The molecule has 41 heavy (non-hydrogen) atoms. The Morgan fingerprint density at radius 3 is 2.17 bits per heavy atom. The number of carbonyl (C=O) groups excluding carboxylic acids is 1. The van der Waals surface area contributed by atoms with Crippen LogP contribution >= 0.6 is 23.2 Å². The van der Waals surface area contributed by atoms with Crippen molar-refractivity contribution < 1.29 is 19.4 Å². The number of halogens is 2. The maximum Gasteiger partial charge on any atom is 0.326 e. The van der Waals surface area contributed by atoms with Crippen LogP contribution in [0.3, 0.4) is 0 Å². The summed E-state index contributed by atoms with van der Waals surface area (Å²) in [6.07, 6.45) is 1.50. The van der Waals surface area contributed by atoms with E-state index in [0.717, 1.165) is 5.56 Å². The molecule has 0 spiro atoms. The predicted octanol–water partition coefficient (Wildman–Crippen LogP) is 6.50. The summed E-state index contributed by atoms with van der Waals surface area (Å²) < 4.78 is 7.47. The second-order valence-electron chi connectivity index (χ2n) is 10.5. The van der Waals surface area contributed by atoms with Crippen molar-refractivity contribution in [1.82, 2.24) is 15.1 Å². The monoisotopic (exact) mass is 593 g/mol. The molecule has 0 aliphatic carbocycles. The third-order valence-electron chi connectivity index (χ3n) is 6.30. The summed E-state index contributed by atoms with van der Waals surface area (Å²) in [6, 6.07) is 17.6. The molecule has 2 N–H and O–H groups in total. The van der Waals surface area contributed by atoms with E-state index in [4.69, 9.17) is 27.9 Å².